The van der Waals surface area contributed by atoms with Crippen molar-refractivity contribution in [2.75, 3.05) is 32.2 Å². The van der Waals surface area contributed by atoms with E-state index in [1.54, 1.807) is 7.11 Å². The van der Waals surface area contributed by atoms with Crippen molar-refractivity contribution < 1.29 is 9.47 Å². The first-order valence-corrected chi connectivity index (χ1v) is 7.77. The van der Waals surface area contributed by atoms with Gasteiger partial charge in [-0.25, -0.2) is 0 Å². The lowest BCUT2D eigenvalue weighted by molar-refractivity contribution is 0.202. The van der Waals surface area contributed by atoms with E-state index in [9.17, 15) is 0 Å². The summed E-state index contributed by atoms with van der Waals surface area (Å²) in [5.41, 5.74) is 2.36. The fourth-order valence-electron chi connectivity index (χ4n) is 1.90. The molecule has 1 N–H and O–H groups in total. The molecule has 0 bridgehead atoms. The van der Waals surface area contributed by atoms with E-state index in [1.807, 2.05) is 36.4 Å². The van der Waals surface area contributed by atoms with Crippen molar-refractivity contribution >= 4 is 21.6 Å². The van der Waals surface area contributed by atoms with E-state index in [2.05, 4.69) is 33.4 Å². The molecule has 0 aliphatic carbocycles. The zero-order valence-corrected chi connectivity index (χ0v) is 13.7. The lowest BCUT2D eigenvalue weighted by atomic mass is 10.1. The Morgan fingerprint density at radius 3 is 2.33 bits per heavy atom. The Hall–Kier alpha value is -1.52. The van der Waals surface area contributed by atoms with Crippen LogP contribution in [0.25, 0.3) is 0 Å². The average Bonchev–Trinajstić information content (AvgIpc) is 2.52. The topological polar surface area (TPSA) is 30.5 Å². The number of hydrogen-bond donors (Lipinski definition) is 1. The van der Waals surface area contributed by atoms with E-state index in [4.69, 9.17) is 9.47 Å². The largest absolute Gasteiger partial charge is 0.492 e. The Morgan fingerprint density at radius 1 is 0.952 bits per heavy atom. The summed E-state index contributed by atoms with van der Waals surface area (Å²) in [5, 5.41) is 3.32. The second-order valence-corrected chi connectivity index (χ2v) is 5.58. The number of methoxy groups -OCH3 is 1. The summed E-state index contributed by atoms with van der Waals surface area (Å²) in [7, 11) is 1.72. The molecule has 0 aromatic heterocycles. The predicted octanol–water partition coefficient (Wildman–Crippen LogP) is 4.13. The molecule has 0 saturated carbocycles. The Kier molecular flexibility index (Phi) is 6.57. The van der Waals surface area contributed by atoms with Gasteiger partial charge in [-0.15, -0.1) is 0 Å². The van der Waals surface area contributed by atoms with Gasteiger partial charge in [0.15, 0.2) is 0 Å². The van der Waals surface area contributed by atoms with Gasteiger partial charge in [-0.2, -0.15) is 0 Å². The monoisotopic (exact) mass is 349 g/mol. The van der Waals surface area contributed by atoms with Gasteiger partial charge in [0.05, 0.1) is 6.61 Å². The molecule has 0 aliphatic rings. The van der Waals surface area contributed by atoms with Crippen LogP contribution < -0.4 is 10.1 Å². The molecule has 0 radical (unpaired) electrons. The van der Waals surface area contributed by atoms with Gasteiger partial charge in [0.25, 0.3) is 0 Å². The molecule has 2 rings (SSSR count). The average molecular weight is 350 g/mol. The van der Waals surface area contributed by atoms with E-state index in [-0.39, 0.29) is 0 Å². The molecule has 2 aromatic carbocycles. The molecular formula is C17H20BrNO2. The molecule has 112 valence electrons. The van der Waals surface area contributed by atoms with E-state index in [0.29, 0.717) is 6.61 Å². The van der Waals surface area contributed by atoms with Crippen LogP contribution in [0.4, 0.5) is 5.69 Å². The highest BCUT2D eigenvalue weighted by Gasteiger charge is 1.97. The summed E-state index contributed by atoms with van der Waals surface area (Å²) >= 11 is 3.42. The minimum Gasteiger partial charge on any atom is -0.492 e. The van der Waals surface area contributed by atoms with Gasteiger partial charge in [-0.3, -0.25) is 0 Å². The number of ether oxygens (including phenoxy) is 2. The van der Waals surface area contributed by atoms with Crippen molar-refractivity contribution in [3.8, 4) is 5.75 Å². The first-order valence-electron chi connectivity index (χ1n) is 6.98. The predicted molar refractivity (Wildman–Crippen MR) is 90.1 cm³/mol. The third-order valence-electron chi connectivity index (χ3n) is 3.06. The molecule has 2 aromatic rings. The zero-order chi connectivity index (χ0) is 14.9. The molecule has 0 saturated heterocycles. The van der Waals surface area contributed by atoms with Crippen LogP contribution in [0.15, 0.2) is 53.0 Å². The van der Waals surface area contributed by atoms with Crippen molar-refractivity contribution in [2.45, 2.75) is 6.42 Å². The highest BCUT2D eigenvalue weighted by atomic mass is 79.9. The van der Waals surface area contributed by atoms with Crippen LogP contribution in [0.1, 0.15) is 5.56 Å². The van der Waals surface area contributed by atoms with Crippen molar-refractivity contribution in [1.82, 2.24) is 0 Å². The Morgan fingerprint density at radius 2 is 1.67 bits per heavy atom. The van der Waals surface area contributed by atoms with Crippen molar-refractivity contribution in [3.63, 3.8) is 0 Å². The molecular weight excluding hydrogens is 330 g/mol. The second kappa shape index (κ2) is 8.70. The highest BCUT2D eigenvalue weighted by molar-refractivity contribution is 9.10. The molecule has 3 nitrogen and oxygen atoms in total. The van der Waals surface area contributed by atoms with Crippen LogP contribution in [0.2, 0.25) is 0 Å². The van der Waals surface area contributed by atoms with Crippen LogP contribution in [0.5, 0.6) is 5.75 Å². The number of hydrogen-bond acceptors (Lipinski definition) is 3. The summed E-state index contributed by atoms with van der Waals surface area (Å²) in [4.78, 5) is 0. The molecule has 21 heavy (non-hydrogen) atoms. The zero-order valence-electron chi connectivity index (χ0n) is 12.1. The van der Waals surface area contributed by atoms with Crippen LogP contribution in [-0.4, -0.2) is 26.9 Å². The minimum absolute atomic E-state index is 0.632. The van der Waals surface area contributed by atoms with Crippen molar-refractivity contribution in [1.29, 1.82) is 0 Å². The standard InChI is InChI=1S/C17H20BrNO2/c1-20-12-10-14-2-8-17(9-3-14)21-13-11-19-16-6-4-15(18)5-7-16/h2-9,19H,10-13H2,1H3. The summed E-state index contributed by atoms with van der Waals surface area (Å²) in [5.74, 6) is 0.897. The van der Waals surface area contributed by atoms with Crippen LogP contribution in [-0.2, 0) is 11.2 Å². The van der Waals surface area contributed by atoms with E-state index in [0.717, 1.165) is 35.5 Å². The fourth-order valence-corrected chi connectivity index (χ4v) is 2.17. The van der Waals surface area contributed by atoms with Gasteiger partial charge < -0.3 is 14.8 Å². The van der Waals surface area contributed by atoms with Gasteiger partial charge >= 0.3 is 0 Å². The molecule has 0 unspecified atom stereocenters. The summed E-state index contributed by atoms with van der Waals surface area (Å²) in [6.07, 6.45) is 0.932. The number of nitrogens with one attached hydrogen (secondary N) is 1. The molecule has 0 spiro atoms. The third kappa shape index (κ3) is 5.78. The van der Waals surface area contributed by atoms with E-state index in [1.165, 1.54) is 5.56 Å². The van der Waals surface area contributed by atoms with Crippen LogP contribution in [0.3, 0.4) is 0 Å². The van der Waals surface area contributed by atoms with Gasteiger partial charge in [0.2, 0.25) is 0 Å². The highest BCUT2D eigenvalue weighted by Crippen LogP contribution is 2.14. The van der Waals surface area contributed by atoms with E-state index >= 15 is 0 Å². The van der Waals surface area contributed by atoms with E-state index < -0.39 is 0 Å². The smallest absolute Gasteiger partial charge is 0.119 e. The molecule has 4 heteroatoms. The fraction of sp³-hybridized carbons (Fsp3) is 0.294. The van der Waals surface area contributed by atoms with Crippen LogP contribution >= 0.6 is 15.9 Å². The normalized spacial score (nSPS) is 10.4. The summed E-state index contributed by atoms with van der Waals surface area (Å²) in [6.45, 7) is 2.15. The number of benzene rings is 2. The van der Waals surface area contributed by atoms with Gasteiger partial charge in [-0.1, -0.05) is 28.1 Å². The van der Waals surface area contributed by atoms with Crippen molar-refractivity contribution in [3.05, 3.63) is 58.6 Å². The quantitative estimate of drug-likeness (QED) is 0.727. The number of rotatable bonds is 8. The first-order chi connectivity index (χ1) is 10.3. The summed E-state index contributed by atoms with van der Waals surface area (Å²) < 4.78 is 11.9. The Labute approximate surface area is 134 Å². The minimum atomic E-state index is 0.632. The first kappa shape index (κ1) is 15.9. The van der Waals surface area contributed by atoms with Gasteiger partial charge in [0.1, 0.15) is 12.4 Å². The lowest BCUT2D eigenvalue weighted by Gasteiger charge is -2.09. The lowest BCUT2D eigenvalue weighted by Crippen LogP contribution is -2.11. The van der Waals surface area contributed by atoms with Crippen LogP contribution in [0, 0.1) is 0 Å². The van der Waals surface area contributed by atoms with Gasteiger partial charge in [-0.05, 0) is 48.4 Å². The number of anilines is 1. The molecule has 0 fully saturated rings. The van der Waals surface area contributed by atoms with Crippen molar-refractivity contribution in [2.24, 2.45) is 0 Å². The summed E-state index contributed by atoms with van der Waals surface area (Å²) in [6, 6.07) is 16.3. The second-order valence-electron chi connectivity index (χ2n) is 4.67. The Bertz CT molecular complexity index is 525. The third-order valence-corrected chi connectivity index (χ3v) is 3.59. The molecule has 0 heterocycles. The SMILES string of the molecule is COCCc1ccc(OCCNc2ccc(Br)cc2)cc1. The maximum Gasteiger partial charge on any atom is 0.119 e. The Balaban J connectivity index is 1.69. The maximum absolute atomic E-state index is 5.71. The molecule has 0 aliphatic heterocycles. The maximum atomic E-state index is 5.71. The molecule has 0 amide bonds. The van der Waals surface area contributed by atoms with Gasteiger partial charge in [0, 0.05) is 23.8 Å². The molecule has 0 atom stereocenters. The number of halogens is 1.